The zero-order valence-electron chi connectivity index (χ0n) is 9.86. The van der Waals surface area contributed by atoms with Gasteiger partial charge in [-0.2, -0.15) is 0 Å². The van der Waals surface area contributed by atoms with Gasteiger partial charge in [-0.15, -0.1) is 0 Å². The molecule has 0 atom stereocenters. The minimum absolute atomic E-state index is 0.925. The first kappa shape index (κ1) is 10.2. The summed E-state index contributed by atoms with van der Waals surface area (Å²) in [7, 11) is 1.99. The van der Waals surface area contributed by atoms with Gasteiger partial charge in [0.2, 0.25) is 0 Å². The molecule has 0 unspecified atom stereocenters. The van der Waals surface area contributed by atoms with Gasteiger partial charge >= 0.3 is 0 Å². The van der Waals surface area contributed by atoms with Gasteiger partial charge in [-0.3, -0.25) is 0 Å². The normalized spacial score (nSPS) is 11.2. The zero-order valence-corrected chi connectivity index (χ0v) is 9.86. The lowest BCUT2D eigenvalue weighted by molar-refractivity contribution is 0.817. The maximum atomic E-state index is 3.48. The molecule has 0 aliphatic rings. The van der Waals surface area contributed by atoms with Crippen molar-refractivity contribution in [2.75, 3.05) is 7.05 Å². The highest BCUT2D eigenvalue weighted by Gasteiger charge is 2.09. The molecule has 0 aliphatic heterocycles. The molecule has 0 bridgehead atoms. The molecule has 0 saturated carbocycles. The number of aromatic nitrogens is 1. The fourth-order valence-electron chi connectivity index (χ4n) is 2.10. The number of rotatable bonds is 2. The van der Waals surface area contributed by atoms with E-state index in [0.29, 0.717) is 0 Å². The van der Waals surface area contributed by atoms with Crippen LogP contribution in [0.1, 0.15) is 22.4 Å². The molecular weight excluding hydrogens is 184 g/mol. The summed E-state index contributed by atoms with van der Waals surface area (Å²) >= 11 is 0. The van der Waals surface area contributed by atoms with Crippen molar-refractivity contribution in [2.45, 2.75) is 27.3 Å². The van der Waals surface area contributed by atoms with Crippen molar-refractivity contribution >= 4 is 10.9 Å². The highest BCUT2D eigenvalue weighted by Crippen LogP contribution is 2.26. The Kier molecular flexibility index (Phi) is 2.53. The van der Waals surface area contributed by atoms with Crippen LogP contribution in [-0.2, 0) is 6.54 Å². The van der Waals surface area contributed by atoms with Gasteiger partial charge in [-0.1, -0.05) is 12.1 Å². The highest BCUT2D eigenvalue weighted by atomic mass is 14.8. The molecule has 0 amide bonds. The van der Waals surface area contributed by atoms with Crippen LogP contribution in [0.4, 0.5) is 0 Å². The molecule has 0 aliphatic carbocycles. The Morgan fingerprint density at radius 3 is 2.60 bits per heavy atom. The summed E-state index contributed by atoms with van der Waals surface area (Å²) in [6.07, 6.45) is 0. The lowest BCUT2D eigenvalue weighted by Crippen LogP contribution is -2.05. The van der Waals surface area contributed by atoms with Crippen LogP contribution in [0.3, 0.4) is 0 Å². The Labute approximate surface area is 90.7 Å². The molecule has 1 aromatic carbocycles. The third-order valence-electron chi connectivity index (χ3n) is 3.18. The highest BCUT2D eigenvalue weighted by molar-refractivity contribution is 5.88. The second-order valence-corrected chi connectivity index (χ2v) is 4.19. The van der Waals surface area contributed by atoms with E-state index in [1.165, 1.54) is 33.3 Å². The van der Waals surface area contributed by atoms with E-state index in [9.17, 15) is 0 Å². The Morgan fingerprint density at radius 1 is 1.20 bits per heavy atom. The quantitative estimate of drug-likeness (QED) is 0.770. The Hall–Kier alpha value is -1.28. The molecule has 15 heavy (non-hydrogen) atoms. The first-order valence-electron chi connectivity index (χ1n) is 5.37. The molecule has 1 heterocycles. The van der Waals surface area contributed by atoms with E-state index in [0.717, 1.165) is 6.54 Å². The summed E-state index contributed by atoms with van der Waals surface area (Å²) in [6, 6.07) is 4.41. The van der Waals surface area contributed by atoms with E-state index in [-0.39, 0.29) is 0 Å². The number of hydrogen-bond acceptors (Lipinski definition) is 1. The van der Waals surface area contributed by atoms with Crippen molar-refractivity contribution in [1.29, 1.82) is 0 Å². The third kappa shape index (κ3) is 1.55. The number of nitrogens with one attached hydrogen (secondary N) is 2. The fraction of sp³-hybridized carbons (Fsp3) is 0.385. The Bertz CT molecular complexity index is 495. The summed E-state index contributed by atoms with van der Waals surface area (Å²) in [5, 5.41) is 4.57. The first-order chi connectivity index (χ1) is 7.15. The second-order valence-electron chi connectivity index (χ2n) is 4.19. The molecule has 0 radical (unpaired) electrons. The zero-order chi connectivity index (χ0) is 11.0. The summed E-state index contributed by atoms with van der Waals surface area (Å²) in [4.78, 5) is 3.48. The Balaban J connectivity index is 2.73. The SMILES string of the molecule is CNCc1c(C)[nH]c2c(C)c(C)ccc12. The van der Waals surface area contributed by atoms with Crippen LogP contribution in [-0.4, -0.2) is 12.0 Å². The van der Waals surface area contributed by atoms with Crippen LogP contribution in [0.25, 0.3) is 10.9 Å². The standard InChI is InChI=1S/C13H18N2/c1-8-5-6-11-12(7-14-4)10(3)15-13(11)9(8)2/h5-6,14-15H,7H2,1-4H3. The van der Waals surface area contributed by atoms with Crippen molar-refractivity contribution in [3.63, 3.8) is 0 Å². The van der Waals surface area contributed by atoms with Crippen LogP contribution < -0.4 is 5.32 Å². The molecular formula is C13H18N2. The van der Waals surface area contributed by atoms with Crippen LogP contribution in [0.15, 0.2) is 12.1 Å². The van der Waals surface area contributed by atoms with Gasteiger partial charge in [-0.25, -0.2) is 0 Å². The molecule has 2 rings (SSSR count). The van der Waals surface area contributed by atoms with Crippen LogP contribution in [0.2, 0.25) is 0 Å². The van der Waals surface area contributed by atoms with Crippen molar-refractivity contribution in [1.82, 2.24) is 10.3 Å². The van der Waals surface area contributed by atoms with Gasteiger partial charge in [0.1, 0.15) is 0 Å². The van der Waals surface area contributed by atoms with Gasteiger partial charge in [0.15, 0.2) is 0 Å². The average molecular weight is 202 g/mol. The maximum absolute atomic E-state index is 3.48. The van der Waals surface area contributed by atoms with Gasteiger partial charge in [0.25, 0.3) is 0 Å². The first-order valence-corrected chi connectivity index (χ1v) is 5.37. The van der Waals surface area contributed by atoms with E-state index < -0.39 is 0 Å². The van der Waals surface area contributed by atoms with Gasteiger partial charge in [0.05, 0.1) is 0 Å². The van der Waals surface area contributed by atoms with Crippen LogP contribution in [0, 0.1) is 20.8 Å². The lowest BCUT2D eigenvalue weighted by Gasteiger charge is -2.02. The van der Waals surface area contributed by atoms with Gasteiger partial charge in [0, 0.05) is 23.1 Å². The molecule has 0 saturated heterocycles. The molecule has 2 nitrogen and oxygen atoms in total. The van der Waals surface area contributed by atoms with Crippen molar-refractivity contribution in [3.8, 4) is 0 Å². The number of benzene rings is 1. The minimum atomic E-state index is 0.925. The van der Waals surface area contributed by atoms with Crippen LogP contribution >= 0.6 is 0 Å². The van der Waals surface area contributed by atoms with E-state index in [1.54, 1.807) is 0 Å². The maximum Gasteiger partial charge on any atom is 0.0491 e. The third-order valence-corrected chi connectivity index (χ3v) is 3.18. The number of hydrogen-bond donors (Lipinski definition) is 2. The van der Waals surface area contributed by atoms with E-state index in [2.05, 4.69) is 43.2 Å². The largest absolute Gasteiger partial charge is 0.358 e. The summed E-state index contributed by atoms with van der Waals surface area (Å²) in [6.45, 7) is 7.40. The summed E-state index contributed by atoms with van der Waals surface area (Å²) in [5.74, 6) is 0. The Morgan fingerprint density at radius 2 is 1.93 bits per heavy atom. The predicted octanol–water partition coefficient (Wildman–Crippen LogP) is 2.81. The lowest BCUT2D eigenvalue weighted by atomic mass is 10.0. The van der Waals surface area contributed by atoms with Crippen molar-refractivity contribution in [2.24, 2.45) is 0 Å². The van der Waals surface area contributed by atoms with Gasteiger partial charge in [-0.05, 0) is 44.5 Å². The molecule has 0 spiro atoms. The van der Waals surface area contributed by atoms with E-state index in [1.807, 2.05) is 7.05 Å². The molecule has 2 aromatic rings. The average Bonchev–Trinajstić information content (AvgIpc) is 2.52. The molecule has 80 valence electrons. The number of fused-ring (bicyclic) bond motifs is 1. The molecule has 2 N–H and O–H groups in total. The number of aromatic amines is 1. The molecule has 1 aromatic heterocycles. The summed E-state index contributed by atoms with van der Waals surface area (Å²) in [5.41, 5.74) is 6.65. The number of H-pyrrole nitrogens is 1. The van der Waals surface area contributed by atoms with Crippen molar-refractivity contribution < 1.29 is 0 Å². The smallest absolute Gasteiger partial charge is 0.0491 e. The molecule has 2 heteroatoms. The van der Waals surface area contributed by atoms with E-state index in [4.69, 9.17) is 0 Å². The minimum Gasteiger partial charge on any atom is -0.358 e. The fourth-order valence-corrected chi connectivity index (χ4v) is 2.10. The summed E-state index contributed by atoms with van der Waals surface area (Å²) < 4.78 is 0. The topological polar surface area (TPSA) is 27.8 Å². The van der Waals surface area contributed by atoms with Crippen molar-refractivity contribution in [3.05, 3.63) is 34.5 Å². The van der Waals surface area contributed by atoms with Crippen LogP contribution in [0.5, 0.6) is 0 Å². The molecule has 0 fully saturated rings. The van der Waals surface area contributed by atoms with E-state index >= 15 is 0 Å². The number of aryl methyl sites for hydroxylation is 3. The predicted molar refractivity (Wildman–Crippen MR) is 65.3 cm³/mol. The second kappa shape index (κ2) is 3.70. The van der Waals surface area contributed by atoms with Gasteiger partial charge < -0.3 is 10.3 Å². The monoisotopic (exact) mass is 202 g/mol.